The molecule has 3 N–H and O–H groups in total. The van der Waals surface area contributed by atoms with Crippen molar-refractivity contribution in [3.05, 3.63) is 48.2 Å². The average molecular weight is 437 g/mol. The molecule has 3 rings (SSSR count). The first-order valence-corrected chi connectivity index (χ1v) is 11.8. The van der Waals surface area contributed by atoms with Crippen LogP contribution in [0.15, 0.2) is 48.2 Å². The predicted octanol–water partition coefficient (Wildman–Crippen LogP) is 4.49. The van der Waals surface area contributed by atoms with Crippen LogP contribution >= 0.6 is 0 Å². The summed E-state index contributed by atoms with van der Waals surface area (Å²) >= 11 is 0. The minimum absolute atomic E-state index is 0.00332. The molecule has 5 heteroatoms. The zero-order valence-corrected chi connectivity index (χ0v) is 19.2. The Kier molecular flexibility index (Phi) is 9.08. The highest BCUT2D eigenvalue weighted by Gasteiger charge is 2.44. The van der Waals surface area contributed by atoms with Gasteiger partial charge in [-0.3, -0.25) is 4.79 Å². The zero-order chi connectivity index (χ0) is 22.9. The van der Waals surface area contributed by atoms with E-state index < -0.39 is 6.10 Å². The normalized spacial score (nSPS) is 27.7. The van der Waals surface area contributed by atoms with Crippen molar-refractivity contribution in [2.24, 2.45) is 23.7 Å². The fraction of sp³-hybridized carbons (Fsp3) is 0.556. The smallest absolute Gasteiger partial charge is 0.225 e. The van der Waals surface area contributed by atoms with Gasteiger partial charge < -0.3 is 15.5 Å². The average Bonchev–Trinajstić information content (AvgIpc) is 3.30. The summed E-state index contributed by atoms with van der Waals surface area (Å²) in [7, 11) is 0. The highest BCUT2D eigenvalue weighted by Crippen LogP contribution is 2.50. The van der Waals surface area contributed by atoms with E-state index in [2.05, 4.69) is 28.2 Å². The fourth-order valence-electron chi connectivity index (χ4n) is 4.97. The van der Waals surface area contributed by atoms with Crippen molar-refractivity contribution in [1.29, 1.82) is 0 Å². The van der Waals surface area contributed by atoms with E-state index >= 15 is 0 Å². The van der Waals surface area contributed by atoms with E-state index in [0.717, 1.165) is 32.1 Å². The highest BCUT2D eigenvalue weighted by molar-refractivity contribution is 5.89. The van der Waals surface area contributed by atoms with Crippen molar-refractivity contribution < 1.29 is 15.0 Å². The maximum absolute atomic E-state index is 12.0. The van der Waals surface area contributed by atoms with Gasteiger partial charge >= 0.3 is 0 Å². The van der Waals surface area contributed by atoms with Crippen molar-refractivity contribution in [3.8, 4) is 11.8 Å². The van der Waals surface area contributed by atoms with Crippen molar-refractivity contribution in [3.63, 3.8) is 0 Å². The maximum atomic E-state index is 12.0. The number of amides is 1. The molecular formula is C27H36N2O3. The number of anilines is 1. The SMILES string of the molecule is CC#CC[C@H](C)[C@H](O)C=C[C@@H]1[C@H]2CC(=CCCCC(=O)Nc3ccccn3)C[C@H]2C[C@H]1O. The quantitative estimate of drug-likeness (QED) is 0.303. The number of hydrogen-bond acceptors (Lipinski definition) is 4. The lowest BCUT2D eigenvalue weighted by atomic mass is 9.89. The Balaban J connectivity index is 1.44. The molecule has 172 valence electrons. The van der Waals surface area contributed by atoms with Crippen LogP contribution in [0.1, 0.15) is 58.8 Å². The molecule has 1 aromatic heterocycles. The van der Waals surface area contributed by atoms with E-state index in [1.54, 1.807) is 12.3 Å². The molecule has 1 aromatic rings. The number of allylic oxidation sites excluding steroid dienone is 2. The van der Waals surface area contributed by atoms with Gasteiger partial charge in [0.05, 0.1) is 12.2 Å². The van der Waals surface area contributed by atoms with E-state index in [4.69, 9.17) is 0 Å². The second-order valence-corrected chi connectivity index (χ2v) is 9.21. The molecule has 0 unspecified atom stereocenters. The molecule has 2 aliphatic carbocycles. The van der Waals surface area contributed by atoms with Gasteiger partial charge in [0.25, 0.3) is 0 Å². The minimum Gasteiger partial charge on any atom is -0.392 e. The van der Waals surface area contributed by atoms with E-state index in [1.165, 1.54) is 5.57 Å². The topological polar surface area (TPSA) is 82.5 Å². The van der Waals surface area contributed by atoms with E-state index in [0.29, 0.717) is 30.5 Å². The molecule has 2 fully saturated rings. The van der Waals surface area contributed by atoms with Crippen LogP contribution in [0.25, 0.3) is 0 Å². The van der Waals surface area contributed by atoms with Gasteiger partial charge in [0.2, 0.25) is 5.91 Å². The van der Waals surface area contributed by atoms with E-state index in [9.17, 15) is 15.0 Å². The van der Waals surface area contributed by atoms with Crippen LogP contribution in [0.4, 0.5) is 5.82 Å². The summed E-state index contributed by atoms with van der Waals surface area (Å²) in [4.78, 5) is 16.2. The second-order valence-electron chi connectivity index (χ2n) is 9.21. The number of unbranched alkanes of at least 4 members (excludes halogenated alkanes) is 1. The molecule has 0 aliphatic heterocycles. The third kappa shape index (κ3) is 6.79. The third-order valence-electron chi connectivity index (χ3n) is 6.80. The van der Waals surface area contributed by atoms with Crippen LogP contribution in [-0.4, -0.2) is 33.3 Å². The zero-order valence-electron chi connectivity index (χ0n) is 19.2. The molecule has 2 saturated carbocycles. The lowest BCUT2D eigenvalue weighted by Crippen LogP contribution is -2.19. The minimum atomic E-state index is -0.532. The van der Waals surface area contributed by atoms with E-state index in [-0.39, 0.29) is 23.8 Å². The van der Waals surface area contributed by atoms with Crippen molar-refractivity contribution in [2.75, 3.05) is 5.32 Å². The van der Waals surface area contributed by atoms with Crippen LogP contribution in [0.5, 0.6) is 0 Å². The van der Waals surface area contributed by atoms with Crippen LogP contribution in [-0.2, 0) is 4.79 Å². The predicted molar refractivity (Wildman–Crippen MR) is 128 cm³/mol. The molecule has 2 aliphatic rings. The monoisotopic (exact) mass is 436 g/mol. The molecule has 1 heterocycles. The Morgan fingerprint density at radius 1 is 1.38 bits per heavy atom. The van der Waals surface area contributed by atoms with Gasteiger partial charge in [-0.15, -0.1) is 11.8 Å². The van der Waals surface area contributed by atoms with Gasteiger partial charge in [-0.25, -0.2) is 4.98 Å². The Morgan fingerprint density at radius 3 is 2.97 bits per heavy atom. The molecule has 0 radical (unpaired) electrons. The summed E-state index contributed by atoms with van der Waals surface area (Å²) in [6, 6.07) is 5.46. The molecule has 32 heavy (non-hydrogen) atoms. The maximum Gasteiger partial charge on any atom is 0.225 e. The van der Waals surface area contributed by atoms with Crippen LogP contribution in [0.2, 0.25) is 0 Å². The molecule has 1 amide bonds. The first-order valence-electron chi connectivity index (χ1n) is 11.8. The van der Waals surface area contributed by atoms with E-state index in [1.807, 2.05) is 38.1 Å². The first-order chi connectivity index (χ1) is 15.5. The molecule has 5 nitrogen and oxygen atoms in total. The molecule has 0 aromatic carbocycles. The Labute approximate surface area is 192 Å². The summed E-state index contributed by atoms with van der Waals surface area (Å²) in [6.45, 7) is 3.81. The van der Waals surface area contributed by atoms with Crippen LogP contribution in [0.3, 0.4) is 0 Å². The molecule has 6 atom stereocenters. The third-order valence-corrected chi connectivity index (χ3v) is 6.80. The number of hydrogen-bond donors (Lipinski definition) is 3. The number of nitrogens with one attached hydrogen (secondary N) is 1. The standard InChI is InChI=1S/C27H36N2O3/c1-3-4-9-19(2)24(30)14-13-22-23-17-20(16-21(23)18-25(22)31)10-5-6-12-27(32)29-26-11-7-8-15-28-26/h7-8,10-11,13-15,19,21-25,30-31H,5-6,9,12,16-18H2,1-2H3,(H,28,29,32)/t19-,21-,22+,23-,24+,25+/m0/s1. The Morgan fingerprint density at radius 2 is 2.22 bits per heavy atom. The Hall–Kier alpha value is -2.42. The summed E-state index contributed by atoms with van der Waals surface area (Å²) < 4.78 is 0. The number of carbonyl (C=O) groups excluding carboxylic acids is 1. The Bertz CT molecular complexity index is 868. The summed E-state index contributed by atoms with van der Waals surface area (Å²) in [6.07, 6.45) is 12.7. The van der Waals surface area contributed by atoms with Crippen molar-refractivity contribution in [1.82, 2.24) is 4.98 Å². The lowest BCUT2D eigenvalue weighted by molar-refractivity contribution is -0.116. The number of fused-ring (bicyclic) bond motifs is 1. The van der Waals surface area contributed by atoms with Gasteiger partial charge in [-0.05, 0) is 68.9 Å². The lowest BCUT2D eigenvalue weighted by Gasteiger charge is -2.19. The van der Waals surface area contributed by atoms with Gasteiger partial charge in [-0.1, -0.05) is 36.8 Å². The largest absolute Gasteiger partial charge is 0.392 e. The van der Waals surface area contributed by atoms with Gasteiger partial charge in [0.15, 0.2) is 0 Å². The van der Waals surface area contributed by atoms with Crippen molar-refractivity contribution in [2.45, 2.75) is 71.0 Å². The molecule has 0 bridgehead atoms. The summed E-state index contributed by atoms with van der Waals surface area (Å²) in [5.74, 6) is 7.63. The molecular weight excluding hydrogens is 400 g/mol. The van der Waals surface area contributed by atoms with Gasteiger partial charge in [-0.2, -0.15) is 0 Å². The van der Waals surface area contributed by atoms with Gasteiger partial charge in [0.1, 0.15) is 5.82 Å². The second kappa shape index (κ2) is 12.0. The summed E-state index contributed by atoms with van der Waals surface area (Å²) in [5.41, 5.74) is 1.45. The highest BCUT2D eigenvalue weighted by atomic mass is 16.3. The first kappa shape index (κ1) is 24.2. The number of aromatic nitrogens is 1. The number of rotatable bonds is 9. The number of aliphatic hydroxyl groups excluding tert-OH is 2. The van der Waals surface area contributed by atoms with Crippen LogP contribution in [0, 0.1) is 35.5 Å². The van der Waals surface area contributed by atoms with Crippen molar-refractivity contribution >= 4 is 11.7 Å². The number of nitrogens with zero attached hydrogens (tertiary/aromatic N) is 1. The van der Waals surface area contributed by atoms with Gasteiger partial charge in [0, 0.05) is 25.0 Å². The summed E-state index contributed by atoms with van der Waals surface area (Å²) in [5, 5.41) is 23.7. The number of pyridine rings is 1. The number of carbonyl (C=O) groups is 1. The van der Waals surface area contributed by atoms with Crippen LogP contribution < -0.4 is 5.32 Å². The fourth-order valence-corrected chi connectivity index (χ4v) is 4.97. The molecule has 0 spiro atoms. The molecule has 0 saturated heterocycles. The number of aliphatic hydroxyl groups is 2.